The van der Waals surface area contributed by atoms with E-state index < -0.39 is 29.7 Å². The Hall–Kier alpha value is -2.39. The molecule has 1 aromatic heterocycles. The summed E-state index contributed by atoms with van der Waals surface area (Å²) in [6.45, 7) is 1.85. The van der Waals surface area contributed by atoms with Crippen LogP contribution in [-0.2, 0) is 16.1 Å². The molecule has 1 aromatic carbocycles. The molecule has 0 saturated carbocycles. The third kappa shape index (κ3) is 4.79. The molecule has 0 amide bonds. The van der Waals surface area contributed by atoms with Crippen molar-refractivity contribution in [3.63, 3.8) is 0 Å². The minimum Gasteiger partial charge on any atom is -0.502 e. The molecule has 156 valence electrons. The number of aromatic hydroxyl groups is 1. The lowest BCUT2D eigenvalue weighted by Gasteiger charge is -2.27. The molecule has 9 heteroatoms. The van der Waals surface area contributed by atoms with E-state index in [1.807, 2.05) is 12.1 Å². The van der Waals surface area contributed by atoms with Crippen LogP contribution in [0.25, 0.3) is 0 Å². The number of aliphatic hydroxyl groups excluding tert-OH is 1. The minimum absolute atomic E-state index is 0.0126. The Bertz CT molecular complexity index is 914. The first-order valence-electron chi connectivity index (χ1n) is 9.30. The highest BCUT2D eigenvalue weighted by Gasteiger charge is 2.40. The van der Waals surface area contributed by atoms with Gasteiger partial charge in [0.25, 0.3) is 0 Å². The van der Waals surface area contributed by atoms with Crippen molar-refractivity contribution >= 4 is 17.6 Å². The van der Waals surface area contributed by atoms with E-state index in [0.717, 1.165) is 11.6 Å². The predicted molar refractivity (Wildman–Crippen MR) is 105 cm³/mol. The summed E-state index contributed by atoms with van der Waals surface area (Å²) in [5.41, 5.74) is 6.47. The van der Waals surface area contributed by atoms with Gasteiger partial charge >= 0.3 is 5.97 Å². The second-order valence-electron chi connectivity index (χ2n) is 6.78. The summed E-state index contributed by atoms with van der Waals surface area (Å²) in [6.07, 6.45) is -0.0999. The molecule has 3 atom stereocenters. The fourth-order valence-electron chi connectivity index (χ4n) is 3.61. The van der Waals surface area contributed by atoms with Crippen LogP contribution in [0.15, 0.2) is 39.5 Å². The van der Waals surface area contributed by atoms with E-state index in [2.05, 4.69) is 10.9 Å². The number of carbonyl (C=O) groups is 1. The number of nitrogens with one attached hydrogen (secondary N) is 2. The first-order valence-corrected chi connectivity index (χ1v) is 9.68. The van der Waals surface area contributed by atoms with Crippen molar-refractivity contribution in [3.05, 3.63) is 62.7 Å². The van der Waals surface area contributed by atoms with Crippen molar-refractivity contribution in [2.45, 2.75) is 31.9 Å². The van der Waals surface area contributed by atoms with Crippen molar-refractivity contribution in [1.29, 1.82) is 0 Å². The predicted octanol–water partition coefficient (Wildman–Crippen LogP) is 1.99. The Morgan fingerprint density at radius 1 is 1.38 bits per heavy atom. The number of esters is 1. The van der Waals surface area contributed by atoms with Gasteiger partial charge in [-0.25, -0.2) is 5.43 Å². The van der Waals surface area contributed by atoms with Gasteiger partial charge in [0, 0.05) is 29.5 Å². The molecule has 1 aliphatic heterocycles. The van der Waals surface area contributed by atoms with Crippen molar-refractivity contribution < 1.29 is 24.2 Å². The number of rotatable bonds is 7. The Morgan fingerprint density at radius 2 is 2.10 bits per heavy atom. The first kappa shape index (κ1) is 21.3. The van der Waals surface area contributed by atoms with Crippen molar-refractivity contribution in [3.8, 4) is 5.75 Å². The third-order valence-electron chi connectivity index (χ3n) is 4.95. The summed E-state index contributed by atoms with van der Waals surface area (Å²) >= 11 is 5.98. The number of carbonyl (C=O) groups excluding carboxylic acids is 1. The van der Waals surface area contributed by atoms with Gasteiger partial charge in [0.1, 0.15) is 12.4 Å². The van der Waals surface area contributed by atoms with E-state index in [9.17, 15) is 19.8 Å². The van der Waals surface area contributed by atoms with Crippen LogP contribution in [0.4, 0.5) is 0 Å². The van der Waals surface area contributed by atoms with Gasteiger partial charge in [-0.05, 0) is 24.6 Å². The molecule has 3 rings (SSSR count). The van der Waals surface area contributed by atoms with E-state index in [4.69, 9.17) is 20.8 Å². The van der Waals surface area contributed by atoms with Gasteiger partial charge in [0.15, 0.2) is 5.76 Å². The van der Waals surface area contributed by atoms with Crippen LogP contribution in [0.2, 0.25) is 5.02 Å². The van der Waals surface area contributed by atoms with Gasteiger partial charge in [0.2, 0.25) is 11.2 Å². The minimum atomic E-state index is -0.675. The molecule has 0 radical (unpaired) electrons. The molecule has 4 N–H and O–H groups in total. The zero-order chi connectivity index (χ0) is 21.0. The standard InChI is InChI=1S/C20H23ClN2O6/c1-2-28-17(26)8-14(20-19(27)16(25)7-13(10-24)29-20)15-9-22-23-18(15)11-3-5-12(21)6-4-11/h3-7,14-15,18,22-24,27H,2,8-10H2,1H3. The number of hydrazine groups is 1. The van der Waals surface area contributed by atoms with Crippen LogP contribution in [0.5, 0.6) is 5.75 Å². The quantitative estimate of drug-likeness (QED) is 0.500. The van der Waals surface area contributed by atoms with Gasteiger partial charge in [-0.3, -0.25) is 15.0 Å². The second kappa shape index (κ2) is 9.41. The van der Waals surface area contributed by atoms with Crippen LogP contribution in [0, 0.1) is 5.92 Å². The number of hydrogen-bond acceptors (Lipinski definition) is 8. The summed E-state index contributed by atoms with van der Waals surface area (Å²) in [6, 6.07) is 8.04. The normalized spacial score (nSPS) is 19.8. The summed E-state index contributed by atoms with van der Waals surface area (Å²) < 4.78 is 10.7. The highest BCUT2D eigenvalue weighted by atomic mass is 35.5. The van der Waals surface area contributed by atoms with E-state index in [1.165, 1.54) is 0 Å². The number of halogens is 1. The largest absolute Gasteiger partial charge is 0.502 e. The molecule has 0 bridgehead atoms. The number of hydrogen-bond donors (Lipinski definition) is 4. The fraction of sp³-hybridized carbons (Fsp3) is 0.400. The lowest BCUT2D eigenvalue weighted by atomic mass is 9.80. The van der Waals surface area contributed by atoms with Crippen LogP contribution in [0.1, 0.15) is 42.4 Å². The molecular weight excluding hydrogens is 400 g/mol. The van der Waals surface area contributed by atoms with Crippen LogP contribution >= 0.6 is 11.6 Å². The summed E-state index contributed by atoms with van der Waals surface area (Å²) in [4.78, 5) is 24.4. The molecule has 2 aromatic rings. The SMILES string of the molecule is CCOC(=O)CC(c1oc(CO)cc(=O)c1O)C1CNNC1c1ccc(Cl)cc1. The molecule has 0 aliphatic carbocycles. The summed E-state index contributed by atoms with van der Waals surface area (Å²) in [5, 5.41) is 20.4. The molecular formula is C20H23ClN2O6. The number of benzene rings is 1. The maximum Gasteiger partial charge on any atom is 0.306 e. The Balaban J connectivity index is 2.03. The molecule has 1 saturated heterocycles. The lowest BCUT2D eigenvalue weighted by molar-refractivity contribution is -0.144. The Labute approximate surface area is 172 Å². The average molecular weight is 423 g/mol. The lowest BCUT2D eigenvalue weighted by Crippen LogP contribution is -2.27. The fourth-order valence-corrected chi connectivity index (χ4v) is 3.74. The smallest absolute Gasteiger partial charge is 0.306 e. The van der Waals surface area contributed by atoms with Gasteiger partial charge in [-0.2, -0.15) is 0 Å². The maximum absolute atomic E-state index is 12.3. The van der Waals surface area contributed by atoms with Crippen molar-refractivity contribution in [1.82, 2.24) is 10.9 Å². The summed E-state index contributed by atoms with van der Waals surface area (Å²) in [5.74, 6) is -2.00. The van der Waals surface area contributed by atoms with Crippen LogP contribution < -0.4 is 16.3 Å². The van der Waals surface area contributed by atoms with Gasteiger partial charge < -0.3 is 19.4 Å². The summed E-state index contributed by atoms with van der Waals surface area (Å²) in [7, 11) is 0. The molecule has 1 aliphatic rings. The third-order valence-corrected chi connectivity index (χ3v) is 5.21. The Morgan fingerprint density at radius 3 is 2.76 bits per heavy atom. The van der Waals surface area contributed by atoms with Crippen LogP contribution in [0.3, 0.4) is 0 Å². The average Bonchev–Trinajstić information content (AvgIpc) is 3.18. The highest BCUT2D eigenvalue weighted by Crippen LogP contribution is 2.41. The van der Waals surface area contributed by atoms with E-state index in [-0.39, 0.29) is 36.5 Å². The second-order valence-corrected chi connectivity index (χ2v) is 7.22. The van der Waals surface area contributed by atoms with Crippen LogP contribution in [-0.4, -0.2) is 29.3 Å². The van der Waals surface area contributed by atoms with E-state index in [1.54, 1.807) is 19.1 Å². The molecule has 2 heterocycles. The molecule has 8 nitrogen and oxygen atoms in total. The monoisotopic (exact) mass is 422 g/mol. The number of aliphatic hydroxyl groups is 1. The first-order chi connectivity index (χ1) is 13.9. The zero-order valence-corrected chi connectivity index (χ0v) is 16.6. The highest BCUT2D eigenvalue weighted by molar-refractivity contribution is 6.30. The van der Waals surface area contributed by atoms with Crippen molar-refractivity contribution in [2.24, 2.45) is 5.92 Å². The molecule has 1 fully saturated rings. The van der Waals surface area contributed by atoms with Gasteiger partial charge in [-0.15, -0.1) is 0 Å². The maximum atomic E-state index is 12.3. The van der Waals surface area contributed by atoms with Gasteiger partial charge in [0.05, 0.1) is 19.1 Å². The van der Waals surface area contributed by atoms with E-state index >= 15 is 0 Å². The molecule has 29 heavy (non-hydrogen) atoms. The van der Waals surface area contributed by atoms with Gasteiger partial charge in [-0.1, -0.05) is 23.7 Å². The van der Waals surface area contributed by atoms with Crippen molar-refractivity contribution in [2.75, 3.05) is 13.2 Å². The molecule has 0 spiro atoms. The topological polar surface area (TPSA) is 121 Å². The van der Waals surface area contributed by atoms with E-state index in [0.29, 0.717) is 11.6 Å². The zero-order valence-electron chi connectivity index (χ0n) is 15.9. The Kier molecular flexibility index (Phi) is 6.92. The molecule has 3 unspecified atom stereocenters. The number of ether oxygens (including phenoxy) is 1.